The molecule has 0 unspecified atom stereocenters. The molecule has 0 saturated carbocycles. The highest BCUT2D eigenvalue weighted by Gasteiger charge is 2.09. The lowest BCUT2D eigenvalue weighted by Crippen LogP contribution is -2.42. The summed E-state index contributed by atoms with van der Waals surface area (Å²) in [6, 6.07) is 12.4. The van der Waals surface area contributed by atoms with Gasteiger partial charge in [0.2, 0.25) is 11.8 Å². The molecule has 24 heavy (non-hydrogen) atoms. The summed E-state index contributed by atoms with van der Waals surface area (Å²) in [4.78, 5) is 34.7. The van der Waals surface area contributed by atoms with Crippen LogP contribution in [0.4, 0.5) is 0 Å². The monoisotopic (exact) mass is 327 g/mol. The Hall–Kier alpha value is -3.35. The quantitative estimate of drug-likeness (QED) is 0.549. The second kappa shape index (κ2) is 8.94. The van der Waals surface area contributed by atoms with Crippen LogP contribution in [0, 0.1) is 0 Å². The minimum atomic E-state index is -0.553. The molecular formula is C17H17N3O4. The lowest BCUT2D eigenvalue weighted by Gasteiger charge is -2.06. The molecule has 7 heteroatoms. The molecule has 1 aromatic carbocycles. The van der Waals surface area contributed by atoms with Crippen molar-refractivity contribution < 1.29 is 18.8 Å². The van der Waals surface area contributed by atoms with Crippen LogP contribution in [-0.2, 0) is 9.59 Å². The molecule has 0 radical (unpaired) electrons. The van der Waals surface area contributed by atoms with Crippen molar-refractivity contribution in [2.45, 2.75) is 6.42 Å². The summed E-state index contributed by atoms with van der Waals surface area (Å²) >= 11 is 0. The maximum absolute atomic E-state index is 11.6. The Morgan fingerprint density at radius 2 is 1.79 bits per heavy atom. The molecule has 0 aliphatic rings. The van der Waals surface area contributed by atoms with E-state index in [9.17, 15) is 14.4 Å². The van der Waals surface area contributed by atoms with E-state index in [0.717, 1.165) is 5.56 Å². The van der Waals surface area contributed by atoms with Gasteiger partial charge in [-0.2, -0.15) is 0 Å². The van der Waals surface area contributed by atoms with Gasteiger partial charge in [-0.15, -0.1) is 0 Å². The zero-order valence-corrected chi connectivity index (χ0v) is 12.8. The van der Waals surface area contributed by atoms with Crippen molar-refractivity contribution >= 4 is 23.8 Å². The van der Waals surface area contributed by atoms with E-state index in [2.05, 4.69) is 16.2 Å². The van der Waals surface area contributed by atoms with Gasteiger partial charge in [0.05, 0.1) is 6.26 Å². The SMILES string of the molecule is O=C(/C=C/c1ccccc1)NCCC(=O)NNC(=O)c1ccco1. The lowest BCUT2D eigenvalue weighted by atomic mass is 10.2. The van der Waals surface area contributed by atoms with Crippen molar-refractivity contribution in [1.29, 1.82) is 0 Å². The van der Waals surface area contributed by atoms with E-state index in [1.54, 1.807) is 12.1 Å². The van der Waals surface area contributed by atoms with Crippen LogP contribution in [0.25, 0.3) is 6.08 Å². The van der Waals surface area contributed by atoms with Gasteiger partial charge in [0.25, 0.3) is 0 Å². The first-order valence-corrected chi connectivity index (χ1v) is 7.29. The van der Waals surface area contributed by atoms with Gasteiger partial charge in [0.1, 0.15) is 0 Å². The van der Waals surface area contributed by atoms with Crippen LogP contribution in [0.15, 0.2) is 59.2 Å². The molecule has 0 saturated heterocycles. The van der Waals surface area contributed by atoms with Crippen LogP contribution in [0.5, 0.6) is 0 Å². The molecule has 3 amide bonds. The van der Waals surface area contributed by atoms with Crippen LogP contribution in [0.1, 0.15) is 22.5 Å². The number of amides is 3. The molecular weight excluding hydrogens is 310 g/mol. The molecule has 0 spiro atoms. The minimum Gasteiger partial charge on any atom is -0.459 e. The smallest absolute Gasteiger partial charge is 0.305 e. The number of hydrogen-bond acceptors (Lipinski definition) is 4. The largest absolute Gasteiger partial charge is 0.459 e. The van der Waals surface area contributed by atoms with Crippen molar-refractivity contribution in [3.8, 4) is 0 Å². The lowest BCUT2D eigenvalue weighted by molar-refractivity contribution is -0.122. The predicted octanol–water partition coefficient (Wildman–Crippen LogP) is 1.26. The molecule has 0 aliphatic carbocycles. The number of nitrogens with one attached hydrogen (secondary N) is 3. The molecule has 7 nitrogen and oxygen atoms in total. The Morgan fingerprint density at radius 1 is 1.00 bits per heavy atom. The molecule has 3 N–H and O–H groups in total. The summed E-state index contributed by atoms with van der Waals surface area (Å²) in [6.07, 6.45) is 4.46. The van der Waals surface area contributed by atoms with Crippen LogP contribution >= 0.6 is 0 Å². The van der Waals surface area contributed by atoms with Crippen molar-refractivity contribution in [1.82, 2.24) is 16.2 Å². The molecule has 124 valence electrons. The summed E-state index contributed by atoms with van der Waals surface area (Å²) < 4.78 is 4.88. The van der Waals surface area contributed by atoms with Gasteiger partial charge in [-0.1, -0.05) is 30.3 Å². The number of hydrazine groups is 1. The van der Waals surface area contributed by atoms with E-state index in [-0.39, 0.29) is 24.6 Å². The highest BCUT2D eigenvalue weighted by Crippen LogP contribution is 2.00. The van der Waals surface area contributed by atoms with Gasteiger partial charge < -0.3 is 9.73 Å². The first-order chi connectivity index (χ1) is 11.6. The third-order valence-corrected chi connectivity index (χ3v) is 2.94. The Balaban J connectivity index is 1.62. The maximum Gasteiger partial charge on any atom is 0.305 e. The van der Waals surface area contributed by atoms with Crippen LogP contribution in [0.3, 0.4) is 0 Å². The standard InChI is InChI=1S/C17H17N3O4/c21-15(9-8-13-5-2-1-3-6-13)18-11-10-16(22)19-20-17(23)14-7-4-12-24-14/h1-9,12H,10-11H2,(H,18,21)(H,19,22)(H,20,23)/b9-8+. The fraction of sp³-hybridized carbons (Fsp3) is 0.118. The number of carbonyl (C=O) groups is 3. The van der Waals surface area contributed by atoms with Crippen molar-refractivity contribution in [3.05, 3.63) is 66.1 Å². The van der Waals surface area contributed by atoms with E-state index >= 15 is 0 Å². The van der Waals surface area contributed by atoms with E-state index in [1.807, 2.05) is 30.3 Å². The first kappa shape index (κ1) is 17.0. The van der Waals surface area contributed by atoms with E-state index in [1.165, 1.54) is 18.4 Å². The minimum absolute atomic E-state index is 0.0311. The number of hydrogen-bond donors (Lipinski definition) is 3. The fourth-order valence-electron chi connectivity index (χ4n) is 1.75. The molecule has 1 heterocycles. The Morgan fingerprint density at radius 3 is 2.50 bits per heavy atom. The fourth-order valence-corrected chi connectivity index (χ4v) is 1.75. The maximum atomic E-state index is 11.6. The van der Waals surface area contributed by atoms with Crippen LogP contribution in [-0.4, -0.2) is 24.3 Å². The van der Waals surface area contributed by atoms with E-state index in [0.29, 0.717) is 0 Å². The van der Waals surface area contributed by atoms with Gasteiger partial charge in [0, 0.05) is 19.0 Å². The van der Waals surface area contributed by atoms with Crippen LogP contribution < -0.4 is 16.2 Å². The van der Waals surface area contributed by atoms with E-state index in [4.69, 9.17) is 4.42 Å². The third-order valence-electron chi connectivity index (χ3n) is 2.94. The second-order valence-corrected chi connectivity index (χ2v) is 4.76. The normalized spacial score (nSPS) is 10.3. The zero-order chi connectivity index (χ0) is 17.2. The zero-order valence-electron chi connectivity index (χ0n) is 12.8. The first-order valence-electron chi connectivity index (χ1n) is 7.29. The highest BCUT2D eigenvalue weighted by molar-refractivity contribution is 5.93. The molecule has 2 aromatic rings. The summed E-state index contributed by atoms with van der Waals surface area (Å²) in [7, 11) is 0. The topological polar surface area (TPSA) is 100 Å². The summed E-state index contributed by atoms with van der Waals surface area (Å²) in [5.41, 5.74) is 5.35. The summed E-state index contributed by atoms with van der Waals surface area (Å²) in [6.45, 7) is 0.153. The van der Waals surface area contributed by atoms with Crippen molar-refractivity contribution in [2.24, 2.45) is 0 Å². The number of benzene rings is 1. The van der Waals surface area contributed by atoms with E-state index < -0.39 is 11.8 Å². The Kier molecular flexibility index (Phi) is 6.34. The number of carbonyl (C=O) groups excluding carboxylic acids is 3. The molecule has 0 atom stereocenters. The molecule has 1 aromatic heterocycles. The van der Waals surface area contributed by atoms with Gasteiger partial charge in [-0.25, -0.2) is 0 Å². The third kappa shape index (κ3) is 5.80. The summed E-state index contributed by atoms with van der Waals surface area (Å²) in [5.74, 6) is -1.19. The predicted molar refractivity (Wildman–Crippen MR) is 87.4 cm³/mol. The van der Waals surface area contributed by atoms with Crippen LogP contribution in [0.2, 0.25) is 0 Å². The van der Waals surface area contributed by atoms with Gasteiger partial charge in [-0.05, 0) is 23.8 Å². The second-order valence-electron chi connectivity index (χ2n) is 4.76. The highest BCUT2D eigenvalue weighted by atomic mass is 16.3. The van der Waals surface area contributed by atoms with Gasteiger partial charge in [0.15, 0.2) is 5.76 Å². The summed E-state index contributed by atoms with van der Waals surface area (Å²) in [5, 5.41) is 2.58. The average Bonchev–Trinajstić information content (AvgIpc) is 3.13. The molecule has 0 fully saturated rings. The van der Waals surface area contributed by atoms with Crippen molar-refractivity contribution in [3.63, 3.8) is 0 Å². The number of furan rings is 1. The van der Waals surface area contributed by atoms with Crippen molar-refractivity contribution in [2.75, 3.05) is 6.54 Å². The Labute approximate surface area is 138 Å². The van der Waals surface area contributed by atoms with Gasteiger partial charge in [-0.3, -0.25) is 25.2 Å². The molecule has 2 rings (SSSR count). The molecule has 0 aliphatic heterocycles. The number of rotatable bonds is 6. The average molecular weight is 327 g/mol. The Bertz CT molecular complexity index is 709. The van der Waals surface area contributed by atoms with Gasteiger partial charge >= 0.3 is 5.91 Å². The molecule has 0 bridgehead atoms.